The van der Waals surface area contributed by atoms with Crippen LogP contribution in [0.5, 0.6) is 0 Å². The van der Waals surface area contributed by atoms with Crippen molar-refractivity contribution in [3.05, 3.63) is 180 Å². The molecule has 7 aromatic rings. The van der Waals surface area contributed by atoms with Gasteiger partial charge in [0.05, 0.1) is 11.4 Å². The quantitative estimate of drug-likeness (QED) is 0.168. The molecule has 0 radical (unpaired) electrons. The van der Waals surface area contributed by atoms with Crippen molar-refractivity contribution in [3.8, 4) is 22.3 Å². The van der Waals surface area contributed by atoms with Gasteiger partial charge in [0.1, 0.15) is 0 Å². The van der Waals surface area contributed by atoms with Crippen molar-refractivity contribution in [1.82, 2.24) is 4.98 Å². The SMILES string of the molecule is C=N/C=C\c1ccccc1-c1ccc(-c2ccc(N3c4ccccc4C(C)(C)c4cccc(C)c43)c(C(C)C)c2)c2ccccc12.CNc1ccncc1. The van der Waals surface area contributed by atoms with Crippen LogP contribution in [0.2, 0.25) is 0 Å². The lowest BCUT2D eigenvalue weighted by Crippen LogP contribution is -2.31. The number of aryl methyl sites for hydroxylation is 1. The minimum absolute atomic E-state index is 0.0936. The Morgan fingerprint density at radius 2 is 1.37 bits per heavy atom. The van der Waals surface area contributed by atoms with E-state index in [1.807, 2.05) is 25.3 Å². The van der Waals surface area contributed by atoms with Gasteiger partial charge in [0.2, 0.25) is 0 Å². The summed E-state index contributed by atoms with van der Waals surface area (Å²) in [6.45, 7) is 15.2. The average Bonchev–Trinajstić information content (AvgIpc) is 3.21. The lowest BCUT2D eigenvalue weighted by molar-refractivity contribution is 0.630. The maximum atomic E-state index is 3.95. The normalized spacial score (nSPS) is 12.9. The second-order valence-electron chi connectivity index (χ2n) is 14.7. The molecular weight excluding hydrogens is 657 g/mol. The number of nitrogens with zero attached hydrogens (tertiary/aromatic N) is 3. The van der Waals surface area contributed by atoms with Crippen LogP contribution in [0.4, 0.5) is 22.7 Å². The summed E-state index contributed by atoms with van der Waals surface area (Å²) in [5.41, 5.74) is 16.2. The molecule has 1 aromatic heterocycles. The number of rotatable bonds is 7. The van der Waals surface area contributed by atoms with Gasteiger partial charge in [-0.1, -0.05) is 131 Å². The van der Waals surface area contributed by atoms with Gasteiger partial charge in [-0.3, -0.25) is 9.98 Å². The molecule has 0 amide bonds. The van der Waals surface area contributed by atoms with Gasteiger partial charge in [0.25, 0.3) is 0 Å². The van der Waals surface area contributed by atoms with Gasteiger partial charge in [-0.15, -0.1) is 0 Å². The third-order valence-corrected chi connectivity index (χ3v) is 10.7. The number of hydrogen-bond donors (Lipinski definition) is 1. The molecule has 2 heterocycles. The van der Waals surface area contributed by atoms with Crippen LogP contribution in [0.15, 0.2) is 157 Å². The zero-order valence-electron chi connectivity index (χ0n) is 32.1. The summed E-state index contributed by atoms with van der Waals surface area (Å²) in [6.07, 6.45) is 7.29. The van der Waals surface area contributed by atoms with E-state index in [1.54, 1.807) is 18.6 Å². The molecule has 0 fully saturated rings. The highest BCUT2D eigenvalue weighted by Gasteiger charge is 2.38. The molecule has 268 valence electrons. The molecule has 0 saturated carbocycles. The molecule has 0 aliphatic carbocycles. The van der Waals surface area contributed by atoms with E-state index >= 15 is 0 Å². The van der Waals surface area contributed by atoms with E-state index in [0.717, 1.165) is 11.3 Å². The summed E-state index contributed by atoms with van der Waals surface area (Å²) in [4.78, 5) is 10.3. The molecule has 4 nitrogen and oxygen atoms in total. The first-order chi connectivity index (χ1) is 26.2. The molecule has 1 aliphatic rings. The highest BCUT2D eigenvalue weighted by molar-refractivity contribution is 6.06. The predicted molar refractivity (Wildman–Crippen MR) is 233 cm³/mol. The maximum Gasteiger partial charge on any atom is 0.0531 e. The number of fused-ring (bicyclic) bond motifs is 3. The molecule has 8 rings (SSSR count). The number of para-hydroxylation sites is 2. The molecule has 0 saturated heterocycles. The standard InChI is InChI=1S/C44H40N2.C6H8N2/c1-29(2)38-28-32(34-23-24-37(36-18-10-9-17-35(34)36)33-16-8-7-15-31(33)26-27-45-6)22-25-41(38)46-42-21-12-11-19-39(42)44(4,5)40-20-13-14-30(3)43(40)46;1-7-6-2-4-8-5-3-6/h7-29H,6H2,1-5H3;2-5H,1H3,(H,7,8)/b27-26-;. The molecule has 6 aromatic carbocycles. The van der Waals surface area contributed by atoms with E-state index in [1.165, 1.54) is 72.3 Å². The number of pyridine rings is 1. The van der Waals surface area contributed by atoms with E-state index in [-0.39, 0.29) is 5.41 Å². The highest BCUT2D eigenvalue weighted by atomic mass is 15.2. The topological polar surface area (TPSA) is 40.5 Å². The summed E-state index contributed by atoms with van der Waals surface area (Å²) < 4.78 is 0. The van der Waals surface area contributed by atoms with Crippen molar-refractivity contribution in [2.45, 2.75) is 46.0 Å². The third-order valence-electron chi connectivity index (χ3n) is 10.7. The Bertz CT molecular complexity index is 2470. The van der Waals surface area contributed by atoms with E-state index in [9.17, 15) is 0 Å². The van der Waals surface area contributed by atoms with Gasteiger partial charge >= 0.3 is 0 Å². The maximum absolute atomic E-state index is 3.95. The van der Waals surface area contributed by atoms with Gasteiger partial charge in [-0.25, -0.2) is 0 Å². The molecule has 0 atom stereocenters. The Morgan fingerprint density at radius 1 is 0.704 bits per heavy atom. The fourth-order valence-corrected chi connectivity index (χ4v) is 7.89. The fraction of sp³-hybridized carbons (Fsp3) is 0.160. The van der Waals surface area contributed by atoms with E-state index < -0.39 is 0 Å². The first-order valence-electron chi connectivity index (χ1n) is 18.7. The van der Waals surface area contributed by atoms with Crippen LogP contribution in [0.3, 0.4) is 0 Å². The Hall–Kier alpha value is -6.26. The molecular formula is C50H48N4. The number of nitrogens with one attached hydrogen (secondary N) is 1. The van der Waals surface area contributed by atoms with Crippen molar-refractivity contribution in [1.29, 1.82) is 0 Å². The summed E-state index contributed by atoms with van der Waals surface area (Å²) in [5, 5.41) is 5.47. The fourth-order valence-electron chi connectivity index (χ4n) is 7.89. The lowest BCUT2D eigenvalue weighted by Gasteiger charge is -2.43. The average molecular weight is 705 g/mol. The van der Waals surface area contributed by atoms with Crippen molar-refractivity contribution in [3.63, 3.8) is 0 Å². The molecule has 1 N–H and O–H groups in total. The minimum atomic E-state index is -0.0936. The first-order valence-corrected chi connectivity index (χ1v) is 18.7. The molecule has 1 aliphatic heterocycles. The van der Waals surface area contributed by atoms with Gasteiger partial charge in [0, 0.05) is 42.4 Å². The molecule has 0 spiro atoms. The van der Waals surface area contributed by atoms with Crippen LogP contribution in [-0.4, -0.2) is 18.7 Å². The van der Waals surface area contributed by atoms with E-state index in [4.69, 9.17) is 0 Å². The first kappa shape index (κ1) is 36.1. The van der Waals surface area contributed by atoms with E-state index in [2.05, 4.69) is 183 Å². The van der Waals surface area contributed by atoms with Crippen LogP contribution in [0.25, 0.3) is 39.1 Å². The van der Waals surface area contributed by atoms with Gasteiger partial charge in [-0.05, 0) is 117 Å². The van der Waals surface area contributed by atoms with Crippen molar-refractivity contribution in [2.24, 2.45) is 4.99 Å². The number of anilines is 4. The van der Waals surface area contributed by atoms with Gasteiger partial charge in [0.15, 0.2) is 0 Å². The smallest absolute Gasteiger partial charge is 0.0531 e. The minimum Gasteiger partial charge on any atom is -0.388 e. The zero-order chi connectivity index (χ0) is 37.8. The van der Waals surface area contributed by atoms with Crippen molar-refractivity contribution >= 4 is 46.3 Å². The summed E-state index contributed by atoms with van der Waals surface area (Å²) >= 11 is 0. The Labute approximate surface area is 320 Å². The van der Waals surface area contributed by atoms with Gasteiger partial charge in [-0.2, -0.15) is 0 Å². The third kappa shape index (κ3) is 6.72. The number of hydrogen-bond acceptors (Lipinski definition) is 4. The van der Waals surface area contributed by atoms with Crippen LogP contribution in [0.1, 0.15) is 61.4 Å². The number of aliphatic imine (C=N–C) groups is 1. The summed E-state index contributed by atoms with van der Waals surface area (Å²) in [5.74, 6) is 0.326. The van der Waals surface area contributed by atoms with Crippen LogP contribution >= 0.6 is 0 Å². The Kier molecular flexibility index (Phi) is 10.3. The van der Waals surface area contributed by atoms with Crippen molar-refractivity contribution in [2.75, 3.05) is 17.3 Å². The van der Waals surface area contributed by atoms with Crippen LogP contribution < -0.4 is 10.2 Å². The lowest BCUT2D eigenvalue weighted by atomic mass is 9.72. The van der Waals surface area contributed by atoms with Crippen LogP contribution in [0, 0.1) is 6.92 Å². The largest absolute Gasteiger partial charge is 0.388 e. The zero-order valence-corrected chi connectivity index (χ0v) is 32.1. The van der Waals surface area contributed by atoms with Gasteiger partial charge < -0.3 is 10.2 Å². The monoisotopic (exact) mass is 704 g/mol. The molecule has 4 heteroatoms. The Morgan fingerprint density at radius 3 is 2.09 bits per heavy atom. The second kappa shape index (κ2) is 15.4. The van der Waals surface area contributed by atoms with E-state index in [0.29, 0.717) is 5.92 Å². The predicted octanol–water partition coefficient (Wildman–Crippen LogP) is 13.5. The summed E-state index contributed by atoms with van der Waals surface area (Å²) in [7, 11) is 1.88. The molecule has 0 bridgehead atoms. The second-order valence-corrected chi connectivity index (χ2v) is 14.7. The Balaban J connectivity index is 0.000000501. The van der Waals surface area contributed by atoms with Crippen LogP contribution in [-0.2, 0) is 5.41 Å². The summed E-state index contributed by atoms with van der Waals surface area (Å²) in [6, 6.07) is 48.4. The van der Waals surface area contributed by atoms with Crippen molar-refractivity contribution < 1.29 is 0 Å². The number of aromatic nitrogens is 1. The molecule has 0 unspecified atom stereocenters. The number of benzene rings is 6. The highest BCUT2D eigenvalue weighted by Crippen LogP contribution is 2.54. The molecule has 54 heavy (non-hydrogen) atoms.